The number of nitrogens with two attached hydrogens (primary N) is 1. The first kappa shape index (κ1) is 16.6. The summed E-state index contributed by atoms with van der Waals surface area (Å²) in [4.78, 5) is 11.6. The summed E-state index contributed by atoms with van der Waals surface area (Å²) in [5.74, 6) is -0.794. The van der Waals surface area contributed by atoms with Gasteiger partial charge in [-0.1, -0.05) is 6.92 Å². The second-order valence-corrected chi connectivity index (χ2v) is 5.10. The molecule has 1 aromatic rings. The van der Waals surface area contributed by atoms with Gasteiger partial charge in [-0.2, -0.15) is 0 Å². The van der Waals surface area contributed by atoms with Crippen LogP contribution in [0.15, 0.2) is 18.2 Å². The second kappa shape index (κ2) is 8.64. The molecule has 1 aromatic carbocycles. The van der Waals surface area contributed by atoms with E-state index in [1.165, 1.54) is 12.1 Å². The molecule has 0 fully saturated rings. The molecule has 1 atom stereocenters. The quantitative estimate of drug-likeness (QED) is 0.770. The summed E-state index contributed by atoms with van der Waals surface area (Å²) in [5, 5.41) is 2.75. The molecule has 0 aliphatic carbocycles. The van der Waals surface area contributed by atoms with E-state index >= 15 is 0 Å². The molecule has 1 amide bonds. The maximum atomic E-state index is 13.0. The molecule has 0 saturated heterocycles. The Labute approximate surface area is 118 Å². The molecule has 0 aliphatic heterocycles. The normalized spacial score (nSPS) is 12.2. The number of rotatable bonds is 8. The fraction of sp³-hybridized carbons (Fsp3) is 0.533. The first-order valence-electron chi connectivity index (χ1n) is 6.93. The molecule has 1 rings (SSSR count). The number of benzene rings is 1. The molecule has 20 heavy (non-hydrogen) atoms. The molecule has 3 nitrogen and oxygen atoms in total. The van der Waals surface area contributed by atoms with Gasteiger partial charge in [-0.15, -0.1) is 0 Å². The molecule has 0 bridgehead atoms. The van der Waals surface area contributed by atoms with E-state index in [2.05, 4.69) is 12.2 Å². The molecule has 5 heteroatoms. The van der Waals surface area contributed by atoms with Crippen molar-refractivity contribution in [2.45, 2.75) is 32.6 Å². The Morgan fingerprint density at radius 3 is 2.50 bits per heavy atom. The van der Waals surface area contributed by atoms with Crippen molar-refractivity contribution in [3.8, 4) is 0 Å². The van der Waals surface area contributed by atoms with E-state index in [9.17, 15) is 13.6 Å². The minimum Gasteiger partial charge on any atom is -0.356 e. The number of halogens is 2. The van der Waals surface area contributed by atoms with Gasteiger partial charge in [0.25, 0.3) is 0 Å². The van der Waals surface area contributed by atoms with E-state index in [-0.39, 0.29) is 5.91 Å². The van der Waals surface area contributed by atoms with Gasteiger partial charge < -0.3 is 11.1 Å². The Morgan fingerprint density at radius 1 is 1.25 bits per heavy atom. The molecular formula is C15H22F2N2O. The summed E-state index contributed by atoms with van der Waals surface area (Å²) >= 11 is 0. The van der Waals surface area contributed by atoms with Crippen LogP contribution in [0.25, 0.3) is 0 Å². The van der Waals surface area contributed by atoms with Gasteiger partial charge in [0.1, 0.15) is 11.6 Å². The van der Waals surface area contributed by atoms with Gasteiger partial charge in [-0.05, 0) is 49.4 Å². The molecular weight excluding hydrogens is 262 g/mol. The number of amides is 1. The molecule has 112 valence electrons. The van der Waals surface area contributed by atoms with Gasteiger partial charge in [0.2, 0.25) is 5.91 Å². The Balaban J connectivity index is 2.24. The van der Waals surface area contributed by atoms with Gasteiger partial charge in [0.15, 0.2) is 0 Å². The summed E-state index contributed by atoms with van der Waals surface area (Å²) in [7, 11) is 0. The average Bonchev–Trinajstić information content (AvgIpc) is 2.35. The smallest absolute Gasteiger partial charge is 0.220 e. The minimum atomic E-state index is -0.595. The lowest BCUT2D eigenvalue weighted by Crippen LogP contribution is -2.26. The van der Waals surface area contributed by atoms with Gasteiger partial charge in [-0.3, -0.25) is 4.79 Å². The first-order chi connectivity index (χ1) is 9.51. The van der Waals surface area contributed by atoms with Crippen molar-refractivity contribution in [1.29, 1.82) is 0 Å². The molecule has 0 aromatic heterocycles. The Kier molecular flexibility index (Phi) is 7.15. The molecule has 0 saturated carbocycles. The number of carbonyl (C=O) groups excluding carboxylic acids is 1. The van der Waals surface area contributed by atoms with Crippen LogP contribution in [-0.2, 0) is 11.2 Å². The fourth-order valence-corrected chi connectivity index (χ4v) is 2.00. The van der Waals surface area contributed by atoms with E-state index in [1.54, 1.807) is 0 Å². The largest absolute Gasteiger partial charge is 0.356 e. The van der Waals surface area contributed by atoms with E-state index < -0.39 is 11.6 Å². The third kappa shape index (κ3) is 6.61. The standard InChI is InChI=1S/C15H22F2N2O/c1-11(4-6-18)2-3-15(20)19-7-5-12-8-13(16)10-14(17)9-12/h8-11H,2-7,18H2,1H3,(H,19,20). The highest BCUT2D eigenvalue weighted by atomic mass is 19.1. The van der Waals surface area contributed by atoms with Gasteiger partial charge in [0.05, 0.1) is 0 Å². The van der Waals surface area contributed by atoms with Crippen molar-refractivity contribution in [2.24, 2.45) is 11.7 Å². The van der Waals surface area contributed by atoms with E-state index in [0.29, 0.717) is 37.4 Å². The van der Waals surface area contributed by atoms with Crippen molar-refractivity contribution in [3.05, 3.63) is 35.4 Å². The topological polar surface area (TPSA) is 55.1 Å². The van der Waals surface area contributed by atoms with Crippen LogP contribution in [-0.4, -0.2) is 19.0 Å². The van der Waals surface area contributed by atoms with E-state index in [0.717, 1.165) is 18.9 Å². The second-order valence-electron chi connectivity index (χ2n) is 5.10. The van der Waals surface area contributed by atoms with Crippen LogP contribution in [0.1, 0.15) is 31.7 Å². The van der Waals surface area contributed by atoms with Crippen molar-refractivity contribution in [3.63, 3.8) is 0 Å². The Morgan fingerprint density at radius 2 is 1.90 bits per heavy atom. The SMILES string of the molecule is CC(CCN)CCC(=O)NCCc1cc(F)cc(F)c1. The Hall–Kier alpha value is -1.49. The maximum absolute atomic E-state index is 13.0. The zero-order valence-corrected chi connectivity index (χ0v) is 11.8. The van der Waals surface area contributed by atoms with Crippen LogP contribution >= 0.6 is 0 Å². The highest BCUT2D eigenvalue weighted by Gasteiger charge is 2.06. The fourth-order valence-electron chi connectivity index (χ4n) is 2.00. The third-order valence-corrected chi connectivity index (χ3v) is 3.18. The zero-order valence-electron chi connectivity index (χ0n) is 11.8. The van der Waals surface area contributed by atoms with E-state index in [1.807, 2.05) is 0 Å². The molecule has 1 unspecified atom stereocenters. The van der Waals surface area contributed by atoms with E-state index in [4.69, 9.17) is 5.73 Å². The van der Waals surface area contributed by atoms with Crippen molar-refractivity contribution in [2.75, 3.05) is 13.1 Å². The zero-order chi connectivity index (χ0) is 15.0. The summed E-state index contributed by atoms with van der Waals surface area (Å²) in [6, 6.07) is 3.39. The molecule has 0 spiro atoms. The average molecular weight is 284 g/mol. The highest BCUT2D eigenvalue weighted by molar-refractivity contribution is 5.75. The third-order valence-electron chi connectivity index (χ3n) is 3.18. The van der Waals surface area contributed by atoms with Crippen molar-refractivity contribution in [1.82, 2.24) is 5.32 Å². The lowest BCUT2D eigenvalue weighted by atomic mass is 10.0. The Bertz CT molecular complexity index is 418. The summed E-state index contributed by atoms with van der Waals surface area (Å²) in [6.45, 7) is 3.08. The lowest BCUT2D eigenvalue weighted by molar-refractivity contribution is -0.121. The van der Waals surface area contributed by atoms with Crippen LogP contribution in [0.3, 0.4) is 0 Å². The number of nitrogens with one attached hydrogen (secondary N) is 1. The molecule has 0 aliphatic rings. The summed E-state index contributed by atoms with van der Waals surface area (Å²) in [6.07, 6.45) is 2.59. The minimum absolute atomic E-state index is 0.0363. The molecule has 0 radical (unpaired) electrons. The number of carbonyl (C=O) groups is 1. The predicted octanol–water partition coefficient (Wildman–Crippen LogP) is 2.39. The van der Waals surface area contributed by atoms with Crippen LogP contribution in [0, 0.1) is 17.6 Å². The van der Waals surface area contributed by atoms with Crippen LogP contribution in [0.5, 0.6) is 0 Å². The van der Waals surface area contributed by atoms with Gasteiger partial charge >= 0.3 is 0 Å². The molecule has 0 heterocycles. The van der Waals surface area contributed by atoms with Crippen molar-refractivity contribution >= 4 is 5.91 Å². The highest BCUT2D eigenvalue weighted by Crippen LogP contribution is 2.09. The summed E-state index contributed by atoms with van der Waals surface area (Å²) < 4.78 is 25.9. The lowest BCUT2D eigenvalue weighted by Gasteiger charge is -2.10. The van der Waals surface area contributed by atoms with Crippen LogP contribution < -0.4 is 11.1 Å². The van der Waals surface area contributed by atoms with Gasteiger partial charge in [0, 0.05) is 19.0 Å². The van der Waals surface area contributed by atoms with Gasteiger partial charge in [-0.25, -0.2) is 8.78 Å². The first-order valence-corrected chi connectivity index (χ1v) is 6.93. The predicted molar refractivity (Wildman–Crippen MR) is 75.1 cm³/mol. The number of hydrogen-bond acceptors (Lipinski definition) is 2. The molecule has 3 N–H and O–H groups in total. The summed E-state index contributed by atoms with van der Waals surface area (Å²) in [5.41, 5.74) is 5.98. The van der Waals surface area contributed by atoms with Crippen LogP contribution in [0.2, 0.25) is 0 Å². The monoisotopic (exact) mass is 284 g/mol. The van der Waals surface area contributed by atoms with Crippen LogP contribution in [0.4, 0.5) is 8.78 Å². The van der Waals surface area contributed by atoms with Crippen molar-refractivity contribution < 1.29 is 13.6 Å². The maximum Gasteiger partial charge on any atom is 0.220 e. The number of hydrogen-bond donors (Lipinski definition) is 2.